The van der Waals surface area contributed by atoms with Crippen molar-refractivity contribution < 1.29 is 9.53 Å². The van der Waals surface area contributed by atoms with Gasteiger partial charge < -0.3 is 15.8 Å². The van der Waals surface area contributed by atoms with Crippen molar-refractivity contribution in [3.63, 3.8) is 0 Å². The SMILES string of the molecule is COc1ccc(CC(C)N2CCNCC2C(N)=O)cc1. The van der Waals surface area contributed by atoms with E-state index in [-0.39, 0.29) is 18.0 Å². The smallest absolute Gasteiger partial charge is 0.236 e. The number of amides is 1. The van der Waals surface area contributed by atoms with Crippen molar-refractivity contribution in [2.75, 3.05) is 26.7 Å². The van der Waals surface area contributed by atoms with Gasteiger partial charge in [0.15, 0.2) is 0 Å². The zero-order valence-electron chi connectivity index (χ0n) is 12.1. The van der Waals surface area contributed by atoms with Crippen LogP contribution in [0.2, 0.25) is 0 Å². The number of carbonyl (C=O) groups is 1. The van der Waals surface area contributed by atoms with Crippen molar-refractivity contribution in [2.45, 2.75) is 25.4 Å². The first-order valence-electron chi connectivity index (χ1n) is 7.00. The van der Waals surface area contributed by atoms with E-state index >= 15 is 0 Å². The molecule has 0 spiro atoms. The summed E-state index contributed by atoms with van der Waals surface area (Å²) in [5.41, 5.74) is 6.73. The van der Waals surface area contributed by atoms with Crippen LogP contribution in [0.1, 0.15) is 12.5 Å². The number of piperazine rings is 1. The minimum Gasteiger partial charge on any atom is -0.497 e. The van der Waals surface area contributed by atoms with Crippen molar-refractivity contribution in [3.05, 3.63) is 29.8 Å². The van der Waals surface area contributed by atoms with Crippen molar-refractivity contribution in [2.24, 2.45) is 5.73 Å². The predicted molar refractivity (Wildman–Crippen MR) is 78.7 cm³/mol. The second kappa shape index (κ2) is 6.72. The van der Waals surface area contributed by atoms with Crippen LogP contribution in [0.3, 0.4) is 0 Å². The van der Waals surface area contributed by atoms with Crippen molar-refractivity contribution in [1.82, 2.24) is 10.2 Å². The molecule has 1 aliphatic rings. The number of hydrogen-bond acceptors (Lipinski definition) is 4. The Bertz CT molecular complexity index is 447. The number of nitrogens with one attached hydrogen (secondary N) is 1. The summed E-state index contributed by atoms with van der Waals surface area (Å²) in [7, 11) is 1.66. The molecule has 0 bridgehead atoms. The van der Waals surface area contributed by atoms with E-state index in [1.54, 1.807) is 7.11 Å². The molecule has 2 atom stereocenters. The van der Waals surface area contributed by atoms with Crippen molar-refractivity contribution in [1.29, 1.82) is 0 Å². The number of benzene rings is 1. The van der Waals surface area contributed by atoms with Crippen LogP contribution >= 0.6 is 0 Å². The summed E-state index contributed by atoms with van der Waals surface area (Å²) in [5, 5.41) is 3.22. The number of carbonyl (C=O) groups excluding carboxylic acids is 1. The summed E-state index contributed by atoms with van der Waals surface area (Å²) in [5.74, 6) is 0.609. The van der Waals surface area contributed by atoms with E-state index in [1.807, 2.05) is 12.1 Å². The van der Waals surface area contributed by atoms with Crippen LogP contribution < -0.4 is 15.8 Å². The van der Waals surface area contributed by atoms with E-state index in [2.05, 4.69) is 29.3 Å². The van der Waals surface area contributed by atoms with Gasteiger partial charge in [-0.25, -0.2) is 0 Å². The highest BCUT2D eigenvalue weighted by atomic mass is 16.5. The van der Waals surface area contributed by atoms with Gasteiger partial charge in [-0.2, -0.15) is 0 Å². The maximum absolute atomic E-state index is 11.5. The van der Waals surface area contributed by atoms with Gasteiger partial charge in [0, 0.05) is 25.7 Å². The fourth-order valence-electron chi connectivity index (χ4n) is 2.73. The summed E-state index contributed by atoms with van der Waals surface area (Å²) in [4.78, 5) is 13.7. The van der Waals surface area contributed by atoms with E-state index in [1.165, 1.54) is 5.56 Å². The molecule has 1 aromatic rings. The summed E-state index contributed by atoms with van der Waals surface area (Å²) >= 11 is 0. The Balaban J connectivity index is 2.01. The molecule has 0 saturated carbocycles. The van der Waals surface area contributed by atoms with Crippen LogP contribution in [0, 0.1) is 0 Å². The van der Waals surface area contributed by atoms with Gasteiger partial charge in [0.05, 0.1) is 7.11 Å². The van der Waals surface area contributed by atoms with Gasteiger partial charge in [0.2, 0.25) is 5.91 Å². The van der Waals surface area contributed by atoms with E-state index in [4.69, 9.17) is 10.5 Å². The van der Waals surface area contributed by atoms with E-state index < -0.39 is 0 Å². The average Bonchev–Trinajstić information content (AvgIpc) is 2.48. The number of methoxy groups -OCH3 is 1. The second-order valence-corrected chi connectivity index (χ2v) is 5.26. The Hall–Kier alpha value is -1.59. The summed E-state index contributed by atoms with van der Waals surface area (Å²) in [6, 6.07) is 8.13. The Kier molecular flexibility index (Phi) is 4.98. The standard InChI is InChI=1S/C15H23N3O2/c1-11(9-12-3-5-13(20-2)6-4-12)18-8-7-17-10-14(18)15(16)19/h3-6,11,14,17H,7-10H2,1-2H3,(H2,16,19). The quantitative estimate of drug-likeness (QED) is 0.817. The molecule has 1 amide bonds. The largest absolute Gasteiger partial charge is 0.497 e. The molecule has 1 aliphatic heterocycles. The Morgan fingerprint density at radius 2 is 2.20 bits per heavy atom. The van der Waals surface area contributed by atoms with Gasteiger partial charge in [-0.3, -0.25) is 9.69 Å². The molecule has 3 N–H and O–H groups in total. The lowest BCUT2D eigenvalue weighted by molar-refractivity contribution is -0.124. The van der Waals surface area contributed by atoms with Crippen LogP contribution in [-0.4, -0.2) is 49.6 Å². The number of ether oxygens (including phenoxy) is 1. The maximum atomic E-state index is 11.5. The lowest BCUT2D eigenvalue weighted by Gasteiger charge is -2.38. The average molecular weight is 277 g/mol. The highest BCUT2D eigenvalue weighted by Gasteiger charge is 2.30. The topological polar surface area (TPSA) is 67.6 Å². The zero-order valence-corrected chi connectivity index (χ0v) is 12.1. The monoisotopic (exact) mass is 277 g/mol. The van der Waals surface area contributed by atoms with Crippen molar-refractivity contribution in [3.8, 4) is 5.75 Å². The number of rotatable bonds is 5. The molecule has 0 aliphatic carbocycles. The van der Waals surface area contributed by atoms with Crippen LogP contribution in [-0.2, 0) is 11.2 Å². The molecule has 5 heteroatoms. The third-order valence-corrected chi connectivity index (χ3v) is 3.87. The maximum Gasteiger partial charge on any atom is 0.236 e. The first kappa shape index (κ1) is 14.8. The van der Waals surface area contributed by atoms with E-state index in [0.717, 1.165) is 25.3 Å². The molecule has 2 rings (SSSR count). The number of primary amides is 1. The van der Waals surface area contributed by atoms with Crippen LogP contribution in [0.4, 0.5) is 0 Å². The minimum absolute atomic E-state index is 0.211. The Labute approximate surface area is 120 Å². The Morgan fingerprint density at radius 1 is 1.50 bits per heavy atom. The first-order chi connectivity index (χ1) is 9.61. The third kappa shape index (κ3) is 3.49. The molecular weight excluding hydrogens is 254 g/mol. The fourth-order valence-corrected chi connectivity index (χ4v) is 2.73. The summed E-state index contributed by atoms with van der Waals surface area (Å²) in [6.07, 6.45) is 0.897. The highest BCUT2D eigenvalue weighted by molar-refractivity contribution is 5.80. The van der Waals surface area contributed by atoms with Gasteiger partial charge in [-0.15, -0.1) is 0 Å². The molecule has 2 unspecified atom stereocenters. The molecular formula is C15H23N3O2. The zero-order chi connectivity index (χ0) is 14.5. The fraction of sp³-hybridized carbons (Fsp3) is 0.533. The summed E-state index contributed by atoms with van der Waals surface area (Å²) in [6.45, 7) is 4.54. The van der Waals surface area contributed by atoms with Gasteiger partial charge in [-0.1, -0.05) is 12.1 Å². The molecule has 1 fully saturated rings. The molecule has 110 valence electrons. The molecule has 1 saturated heterocycles. The van der Waals surface area contributed by atoms with Crippen LogP contribution in [0.15, 0.2) is 24.3 Å². The normalized spacial score (nSPS) is 21.4. The number of hydrogen-bond donors (Lipinski definition) is 2. The molecule has 20 heavy (non-hydrogen) atoms. The molecule has 1 heterocycles. The number of nitrogens with zero attached hydrogens (tertiary/aromatic N) is 1. The van der Waals surface area contributed by atoms with Gasteiger partial charge in [0.1, 0.15) is 11.8 Å². The van der Waals surface area contributed by atoms with E-state index in [0.29, 0.717) is 6.54 Å². The molecule has 0 radical (unpaired) electrons. The van der Waals surface area contributed by atoms with E-state index in [9.17, 15) is 4.79 Å². The van der Waals surface area contributed by atoms with Crippen LogP contribution in [0.25, 0.3) is 0 Å². The second-order valence-electron chi connectivity index (χ2n) is 5.26. The Morgan fingerprint density at radius 3 is 2.80 bits per heavy atom. The summed E-state index contributed by atoms with van der Waals surface area (Å²) < 4.78 is 5.16. The minimum atomic E-state index is -0.251. The molecule has 5 nitrogen and oxygen atoms in total. The number of nitrogens with two attached hydrogens (primary N) is 1. The molecule has 1 aromatic carbocycles. The first-order valence-corrected chi connectivity index (χ1v) is 7.00. The van der Waals surface area contributed by atoms with Gasteiger partial charge in [-0.05, 0) is 31.0 Å². The lowest BCUT2D eigenvalue weighted by atomic mass is 10.0. The highest BCUT2D eigenvalue weighted by Crippen LogP contribution is 2.16. The van der Waals surface area contributed by atoms with Gasteiger partial charge in [0.25, 0.3) is 0 Å². The molecule has 0 aromatic heterocycles. The van der Waals surface area contributed by atoms with Crippen LogP contribution in [0.5, 0.6) is 5.75 Å². The third-order valence-electron chi connectivity index (χ3n) is 3.87. The van der Waals surface area contributed by atoms with Gasteiger partial charge >= 0.3 is 0 Å². The predicted octanol–water partition coefficient (Wildman–Crippen LogP) is 0.385. The lowest BCUT2D eigenvalue weighted by Crippen LogP contribution is -2.59. The van der Waals surface area contributed by atoms with Crippen molar-refractivity contribution >= 4 is 5.91 Å².